The average Bonchev–Trinajstić information content (AvgIpc) is 3.17. The zero-order valence-electron chi connectivity index (χ0n) is 22.0. The van der Waals surface area contributed by atoms with Crippen LogP contribution in [-0.4, -0.2) is 56.9 Å². The molecule has 1 amide bonds. The second kappa shape index (κ2) is 10.6. The van der Waals surface area contributed by atoms with Gasteiger partial charge in [-0.2, -0.15) is 0 Å². The Labute approximate surface area is 221 Å². The fourth-order valence-corrected chi connectivity index (χ4v) is 6.96. The number of pyridine rings is 2. The van der Waals surface area contributed by atoms with E-state index in [-0.39, 0.29) is 24.1 Å². The molecule has 0 radical (unpaired) electrons. The van der Waals surface area contributed by atoms with Gasteiger partial charge in [-0.25, -0.2) is 9.37 Å². The molecular weight excluding hydrogens is 489 g/mol. The van der Waals surface area contributed by atoms with Gasteiger partial charge in [0.05, 0.1) is 5.56 Å². The van der Waals surface area contributed by atoms with Crippen molar-refractivity contribution in [1.82, 2.24) is 24.8 Å². The van der Waals surface area contributed by atoms with Crippen molar-refractivity contribution < 1.29 is 9.18 Å². The van der Waals surface area contributed by atoms with Crippen LogP contribution in [0.15, 0.2) is 34.1 Å². The molecule has 4 heterocycles. The van der Waals surface area contributed by atoms with E-state index in [4.69, 9.17) is 0 Å². The van der Waals surface area contributed by atoms with E-state index in [9.17, 15) is 14.0 Å². The molecule has 2 fully saturated rings. The second-order valence-electron chi connectivity index (χ2n) is 10.6. The number of rotatable bonds is 7. The van der Waals surface area contributed by atoms with E-state index in [1.165, 1.54) is 11.8 Å². The molecule has 2 aliphatic rings. The Morgan fingerprint density at radius 2 is 2.00 bits per heavy atom. The SMILES string of the molecule is CSc1cc(C)[nH]c(=O)c1CNC(=O)c1c(C)n(C(C)C2CCC(N3CC(F)C3)CC2)c2ncccc12. The minimum Gasteiger partial charge on any atom is -0.348 e. The van der Waals surface area contributed by atoms with Gasteiger partial charge in [0.25, 0.3) is 11.5 Å². The van der Waals surface area contributed by atoms with E-state index in [1.54, 1.807) is 6.20 Å². The summed E-state index contributed by atoms with van der Waals surface area (Å²) in [7, 11) is 0. The highest BCUT2D eigenvalue weighted by atomic mass is 32.2. The van der Waals surface area contributed by atoms with Crippen molar-refractivity contribution >= 4 is 28.7 Å². The molecule has 2 N–H and O–H groups in total. The zero-order chi connectivity index (χ0) is 26.3. The minimum absolute atomic E-state index is 0.160. The molecule has 3 aromatic rings. The van der Waals surface area contributed by atoms with Crippen LogP contribution >= 0.6 is 11.8 Å². The average molecular weight is 526 g/mol. The maximum absolute atomic E-state index is 13.5. The number of amides is 1. The van der Waals surface area contributed by atoms with Crippen molar-refractivity contribution in [1.29, 1.82) is 0 Å². The Balaban J connectivity index is 1.37. The van der Waals surface area contributed by atoms with Crippen LogP contribution in [0.2, 0.25) is 0 Å². The highest BCUT2D eigenvalue weighted by molar-refractivity contribution is 7.98. The van der Waals surface area contributed by atoms with E-state index >= 15 is 0 Å². The molecular formula is C28H36FN5O2S. The third kappa shape index (κ3) is 4.95. The number of hydrogen-bond acceptors (Lipinski definition) is 5. The van der Waals surface area contributed by atoms with Crippen LogP contribution in [0.4, 0.5) is 4.39 Å². The molecule has 0 bridgehead atoms. The first-order valence-corrected chi connectivity index (χ1v) is 14.4. The molecule has 0 spiro atoms. The molecule has 1 saturated heterocycles. The lowest BCUT2D eigenvalue weighted by Crippen LogP contribution is -2.54. The Hall–Kier alpha value is -2.65. The van der Waals surface area contributed by atoms with Gasteiger partial charge in [0.15, 0.2) is 0 Å². The summed E-state index contributed by atoms with van der Waals surface area (Å²) in [5, 5.41) is 3.83. The van der Waals surface area contributed by atoms with Crippen LogP contribution in [0.1, 0.15) is 66.0 Å². The molecule has 3 aromatic heterocycles. The largest absolute Gasteiger partial charge is 0.348 e. The van der Waals surface area contributed by atoms with Crippen LogP contribution in [0, 0.1) is 19.8 Å². The second-order valence-corrected chi connectivity index (χ2v) is 11.4. The molecule has 0 aromatic carbocycles. The molecule has 37 heavy (non-hydrogen) atoms. The molecule has 1 unspecified atom stereocenters. The summed E-state index contributed by atoms with van der Waals surface area (Å²) in [5.74, 6) is 0.275. The number of thioether (sulfide) groups is 1. The number of likely N-dealkylation sites (tertiary alicyclic amines) is 1. The van der Waals surface area contributed by atoms with Gasteiger partial charge in [-0.3, -0.25) is 14.5 Å². The summed E-state index contributed by atoms with van der Waals surface area (Å²) in [4.78, 5) is 36.8. The summed E-state index contributed by atoms with van der Waals surface area (Å²) < 4.78 is 15.6. The first kappa shape index (κ1) is 26.0. The number of H-pyrrole nitrogens is 1. The molecule has 9 heteroatoms. The molecule has 7 nitrogen and oxygen atoms in total. The number of carbonyl (C=O) groups excluding carboxylic acids is 1. The summed E-state index contributed by atoms with van der Waals surface area (Å²) in [6.07, 6.45) is 7.39. The zero-order valence-corrected chi connectivity index (χ0v) is 22.8. The van der Waals surface area contributed by atoms with Gasteiger partial charge >= 0.3 is 0 Å². The van der Waals surface area contributed by atoms with Gasteiger partial charge < -0.3 is 14.9 Å². The van der Waals surface area contributed by atoms with Gasteiger partial charge in [0.1, 0.15) is 11.8 Å². The Morgan fingerprint density at radius 3 is 2.68 bits per heavy atom. The Kier molecular flexibility index (Phi) is 7.45. The number of nitrogens with zero attached hydrogens (tertiary/aromatic N) is 3. The number of aromatic amines is 1. The highest BCUT2D eigenvalue weighted by Crippen LogP contribution is 2.39. The van der Waals surface area contributed by atoms with Gasteiger partial charge in [0, 0.05) is 65.1 Å². The quantitative estimate of drug-likeness (QED) is 0.435. The predicted molar refractivity (Wildman–Crippen MR) is 146 cm³/mol. The van der Waals surface area contributed by atoms with Crippen molar-refractivity contribution in [3.05, 3.63) is 57.3 Å². The van der Waals surface area contributed by atoms with Gasteiger partial charge in [0.2, 0.25) is 0 Å². The number of carbonyl (C=O) groups is 1. The number of halogens is 1. The molecule has 1 aliphatic heterocycles. The maximum atomic E-state index is 13.5. The molecule has 5 rings (SSSR count). The molecule has 1 saturated carbocycles. The Bertz CT molecular complexity index is 1350. The third-order valence-corrected chi connectivity index (χ3v) is 9.13. The van der Waals surface area contributed by atoms with Crippen molar-refractivity contribution in [2.24, 2.45) is 5.92 Å². The van der Waals surface area contributed by atoms with Crippen LogP contribution in [0.5, 0.6) is 0 Å². The fraction of sp³-hybridized carbons (Fsp3) is 0.536. The molecule has 198 valence electrons. The minimum atomic E-state index is -0.655. The smallest absolute Gasteiger partial charge is 0.254 e. The van der Waals surface area contributed by atoms with Crippen molar-refractivity contribution in [3.8, 4) is 0 Å². The number of fused-ring (bicyclic) bond motifs is 1. The highest BCUT2D eigenvalue weighted by Gasteiger charge is 2.36. The van der Waals surface area contributed by atoms with Crippen molar-refractivity contribution in [3.63, 3.8) is 0 Å². The lowest BCUT2D eigenvalue weighted by Gasteiger charge is -2.44. The van der Waals surface area contributed by atoms with Crippen LogP contribution in [0.25, 0.3) is 11.0 Å². The summed E-state index contributed by atoms with van der Waals surface area (Å²) >= 11 is 1.50. The fourth-order valence-electron chi connectivity index (χ4n) is 6.25. The van der Waals surface area contributed by atoms with E-state index < -0.39 is 6.17 Å². The lowest BCUT2D eigenvalue weighted by molar-refractivity contribution is 0.00541. The summed E-state index contributed by atoms with van der Waals surface area (Å²) in [6.45, 7) is 7.40. The van der Waals surface area contributed by atoms with Crippen LogP contribution in [-0.2, 0) is 6.54 Å². The van der Waals surface area contributed by atoms with Gasteiger partial charge in [-0.1, -0.05) is 0 Å². The summed E-state index contributed by atoms with van der Waals surface area (Å²) in [5.41, 5.74) is 3.53. The molecule has 1 atom stereocenters. The van der Waals surface area contributed by atoms with E-state index in [0.29, 0.717) is 36.2 Å². The number of hydrogen-bond donors (Lipinski definition) is 2. The maximum Gasteiger partial charge on any atom is 0.254 e. The molecule has 1 aliphatic carbocycles. The normalized spacial score (nSPS) is 21.6. The van der Waals surface area contributed by atoms with Crippen LogP contribution in [0.3, 0.4) is 0 Å². The number of nitrogens with one attached hydrogen (secondary N) is 2. The van der Waals surface area contributed by atoms with Crippen LogP contribution < -0.4 is 10.9 Å². The van der Waals surface area contributed by atoms with E-state index in [0.717, 1.165) is 53.0 Å². The van der Waals surface area contributed by atoms with E-state index in [2.05, 4.69) is 31.7 Å². The summed E-state index contributed by atoms with van der Waals surface area (Å²) in [6, 6.07) is 6.43. The topological polar surface area (TPSA) is 83.0 Å². The van der Waals surface area contributed by atoms with Gasteiger partial charge in [-0.05, 0) is 76.8 Å². The number of alkyl halides is 1. The standard InChI is InChI=1S/C28H36FN5O2S/c1-16-12-24(37-4)23(27(35)32-16)13-31-28(36)25-18(3)34(26-22(25)6-5-11-30-26)17(2)19-7-9-21(10-8-19)33-14-20(29)15-33/h5-6,11-12,17,19-21H,7-10,13-15H2,1-4H3,(H,31,36)(H,32,35). The third-order valence-electron chi connectivity index (χ3n) is 8.32. The predicted octanol–water partition coefficient (Wildman–Crippen LogP) is 4.77. The van der Waals surface area contributed by atoms with Crippen molar-refractivity contribution in [2.45, 2.75) is 76.2 Å². The van der Waals surface area contributed by atoms with Crippen molar-refractivity contribution in [2.75, 3.05) is 19.3 Å². The van der Waals surface area contributed by atoms with Gasteiger partial charge in [-0.15, -0.1) is 11.8 Å². The van der Waals surface area contributed by atoms with E-state index in [1.807, 2.05) is 38.3 Å². The first-order valence-electron chi connectivity index (χ1n) is 13.2. The first-order chi connectivity index (χ1) is 17.8. The lowest BCUT2D eigenvalue weighted by atomic mass is 9.80. The number of aryl methyl sites for hydroxylation is 1. The number of aromatic nitrogens is 3. The Morgan fingerprint density at radius 1 is 1.27 bits per heavy atom. The monoisotopic (exact) mass is 525 g/mol.